The summed E-state index contributed by atoms with van der Waals surface area (Å²) >= 11 is 0. The van der Waals surface area contributed by atoms with Crippen molar-refractivity contribution >= 4 is 18.3 Å². The molecule has 0 radical (unpaired) electrons. The van der Waals surface area contributed by atoms with Crippen molar-refractivity contribution in [3.05, 3.63) is 30.3 Å². The summed E-state index contributed by atoms with van der Waals surface area (Å²) in [7, 11) is 0. The van der Waals surface area contributed by atoms with Crippen LogP contribution in [0.2, 0.25) is 0 Å². The van der Waals surface area contributed by atoms with Gasteiger partial charge in [-0.3, -0.25) is 4.79 Å². The summed E-state index contributed by atoms with van der Waals surface area (Å²) in [5.74, 6) is 0.673. The lowest BCUT2D eigenvalue weighted by Gasteiger charge is -2.34. The minimum Gasteiger partial charge on any atom is -0.484 e. The van der Waals surface area contributed by atoms with Gasteiger partial charge >= 0.3 is 0 Å². The van der Waals surface area contributed by atoms with Gasteiger partial charge in [0.2, 0.25) is 0 Å². The first-order valence-electron chi connectivity index (χ1n) is 6.38. The molecule has 0 saturated carbocycles. The lowest BCUT2D eigenvalue weighted by atomic mass is 9.90. The van der Waals surface area contributed by atoms with Crippen LogP contribution in [0.5, 0.6) is 5.75 Å². The van der Waals surface area contributed by atoms with Crippen molar-refractivity contribution in [2.24, 2.45) is 0 Å². The normalized spacial score (nSPS) is 17.1. The Labute approximate surface area is 120 Å². The second kappa shape index (κ2) is 7.36. The molecule has 1 heterocycles. The molecule has 0 unspecified atom stereocenters. The molecule has 2 N–H and O–H groups in total. The van der Waals surface area contributed by atoms with E-state index in [1.54, 1.807) is 0 Å². The molecule has 1 aliphatic rings. The summed E-state index contributed by atoms with van der Waals surface area (Å²) in [5.41, 5.74) is -0.0949. The Kier molecular flexibility index (Phi) is 6.12. The number of para-hydroxylation sites is 1. The Morgan fingerprint density at radius 2 is 1.95 bits per heavy atom. The molecule has 1 aliphatic heterocycles. The first-order chi connectivity index (χ1) is 8.68. The van der Waals surface area contributed by atoms with Gasteiger partial charge in [0.1, 0.15) is 5.75 Å². The maximum atomic E-state index is 11.8. The third-order valence-corrected chi connectivity index (χ3v) is 3.26. The molecule has 0 atom stereocenters. The molecule has 1 aromatic carbocycles. The lowest BCUT2D eigenvalue weighted by Crippen LogP contribution is -2.53. The van der Waals surface area contributed by atoms with Crippen LogP contribution in [0.3, 0.4) is 0 Å². The largest absolute Gasteiger partial charge is 0.484 e. The van der Waals surface area contributed by atoms with Crippen LogP contribution in [0.1, 0.15) is 19.8 Å². The molecule has 5 heteroatoms. The molecule has 0 bridgehead atoms. The fourth-order valence-corrected chi connectivity index (χ4v) is 2.14. The van der Waals surface area contributed by atoms with E-state index in [2.05, 4.69) is 17.6 Å². The number of halogens is 1. The van der Waals surface area contributed by atoms with Gasteiger partial charge in [0.15, 0.2) is 6.61 Å². The van der Waals surface area contributed by atoms with E-state index in [0.717, 1.165) is 31.7 Å². The number of carbonyl (C=O) groups is 1. The van der Waals surface area contributed by atoms with Crippen LogP contribution in [0.15, 0.2) is 30.3 Å². The van der Waals surface area contributed by atoms with Gasteiger partial charge in [-0.25, -0.2) is 0 Å². The van der Waals surface area contributed by atoms with Crippen molar-refractivity contribution in [2.75, 3.05) is 19.7 Å². The number of hydrogen-bond donors (Lipinski definition) is 2. The minimum absolute atomic E-state index is 0. The van der Waals surface area contributed by atoms with Crippen molar-refractivity contribution in [3.63, 3.8) is 0 Å². The van der Waals surface area contributed by atoms with E-state index in [1.807, 2.05) is 30.3 Å². The second-order valence-electron chi connectivity index (χ2n) is 4.96. The molecule has 19 heavy (non-hydrogen) atoms. The Balaban J connectivity index is 0.00000180. The van der Waals surface area contributed by atoms with Crippen LogP contribution in [-0.2, 0) is 4.79 Å². The van der Waals surface area contributed by atoms with Crippen molar-refractivity contribution in [2.45, 2.75) is 25.3 Å². The van der Waals surface area contributed by atoms with Crippen LogP contribution in [0, 0.1) is 0 Å². The first kappa shape index (κ1) is 15.8. The van der Waals surface area contributed by atoms with Gasteiger partial charge in [0.05, 0.1) is 0 Å². The highest BCUT2D eigenvalue weighted by Crippen LogP contribution is 2.17. The van der Waals surface area contributed by atoms with Gasteiger partial charge in [-0.15, -0.1) is 12.4 Å². The number of nitrogens with one attached hydrogen (secondary N) is 2. The topological polar surface area (TPSA) is 50.4 Å². The fraction of sp³-hybridized carbons (Fsp3) is 0.500. The summed E-state index contributed by atoms with van der Waals surface area (Å²) in [6.45, 7) is 4.08. The molecule has 106 valence electrons. The Morgan fingerprint density at radius 1 is 1.32 bits per heavy atom. The van der Waals surface area contributed by atoms with Crippen molar-refractivity contribution < 1.29 is 9.53 Å². The van der Waals surface area contributed by atoms with Crippen molar-refractivity contribution in [3.8, 4) is 5.75 Å². The van der Waals surface area contributed by atoms with Crippen LogP contribution in [0.25, 0.3) is 0 Å². The van der Waals surface area contributed by atoms with Crippen molar-refractivity contribution in [1.29, 1.82) is 0 Å². The molecule has 1 fully saturated rings. The van der Waals surface area contributed by atoms with Crippen LogP contribution >= 0.6 is 12.4 Å². The third kappa shape index (κ3) is 5.09. The van der Waals surface area contributed by atoms with E-state index in [1.165, 1.54) is 0 Å². The van der Waals surface area contributed by atoms with Crippen LogP contribution < -0.4 is 15.4 Å². The SMILES string of the molecule is CC1(NC(=O)COc2ccccc2)CCNCC1.Cl. The molecular formula is C14H21ClN2O2. The summed E-state index contributed by atoms with van der Waals surface area (Å²) in [5, 5.41) is 6.35. The average Bonchev–Trinajstić information content (AvgIpc) is 2.38. The summed E-state index contributed by atoms with van der Waals surface area (Å²) < 4.78 is 5.43. The van der Waals surface area contributed by atoms with Crippen molar-refractivity contribution in [1.82, 2.24) is 10.6 Å². The summed E-state index contributed by atoms with van der Waals surface area (Å²) in [6.07, 6.45) is 1.92. The Hall–Kier alpha value is -1.26. The van der Waals surface area contributed by atoms with E-state index in [-0.39, 0.29) is 30.5 Å². The molecule has 2 rings (SSSR count). The van der Waals surface area contributed by atoms with E-state index >= 15 is 0 Å². The highest BCUT2D eigenvalue weighted by molar-refractivity contribution is 5.85. The van der Waals surface area contributed by atoms with Crippen LogP contribution in [0.4, 0.5) is 0 Å². The van der Waals surface area contributed by atoms with Gasteiger partial charge in [-0.2, -0.15) is 0 Å². The van der Waals surface area contributed by atoms with E-state index < -0.39 is 0 Å². The number of carbonyl (C=O) groups excluding carboxylic acids is 1. The molecule has 0 aromatic heterocycles. The zero-order valence-electron chi connectivity index (χ0n) is 11.1. The lowest BCUT2D eigenvalue weighted by molar-refractivity contribution is -0.125. The smallest absolute Gasteiger partial charge is 0.258 e. The van der Waals surface area contributed by atoms with Crippen LogP contribution in [-0.4, -0.2) is 31.1 Å². The summed E-state index contributed by atoms with van der Waals surface area (Å²) in [4.78, 5) is 11.8. The van der Waals surface area contributed by atoms with Gasteiger partial charge in [0, 0.05) is 5.54 Å². The standard InChI is InChI=1S/C14H20N2O2.ClH/c1-14(7-9-15-10-8-14)16-13(17)11-18-12-5-3-2-4-6-12;/h2-6,15H,7-11H2,1H3,(H,16,17);1H. The number of benzene rings is 1. The predicted octanol–water partition coefficient (Wildman–Crippen LogP) is 1.75. The highest BCUT2D eigenvalue weighted by atomic mass is 35.5. The number of ether oxygens (including phenoxy) is 1. The maximum Gasteiger partial charge on any atom is 0.258 e. The number of hydrogen-bond acceptors (Lipinski definition) is 3. The molecule has 1 amide bonds. The third-order valence-electron chi connectivity index (χ3n) is 3.26. The maximum absolute atomic E-state index is 11.8. The average molecular weight is 285 g/mol. The fourth-order valence-electron chi connectivity index (χ4n) is 2.14. The Bertz CT molecular complexity index is 392. The molecule has 0 spiro atoms. The first-order valence-corrected chi connectivity index (χ1v) is 6.38. The molecule has 4 nitrogen and oxygen atoms in total. The number of amides is 1. The van der Waals surface area contributed by atoms with Gasteiger partial charge in [-0.05, 0) is 45.0 Å². The monoisotopic (exact) mass is 284 g/mol. The molecular weight excluding hydrogens is 264 g/mol. The Morgan fingerprint density at radius 3 is 2.58 bits per heavy atom. The zero-order chi connectivity index (χ0) is 12.8. The highest BCUT2D eigenvalue weighted by Gasteiger charge is 2.28. The molecule has 0 aliphatic carbocycles. The molecule has 1 saturated heterocycles. The van der Waals surface area contributed by atoms with E-state index in [0.29, 0.717) is 0 Å². The zero-order valence-corrected chi connectivity index (χ0v) is 12.0. The number of rotatable bonds is 4. The number of piperidine rings is 1. The minimum atomic E-state index is -0.0949. The van der Waals surface area contributed by atoms with Gasteiger partial charge < -0.3 is 15.4 Å². The van der Waals surface area contributed by atoms with E-state index in [4.69, 9.17) is 4.74 Å². The second-order valence-corrected chi connectivity index (χ2v) is 4.96. The van der Waals surface area contributed by atoms with Gasteiger partial charge in [-0.1, -0.05) is 18.2 Å². The van der Waals surface area contributed by atoms with E-state index in [9.17, 15) is 4.79 Å². The van der Waals surface area contributed by atoms with Gasteiger partial charge in [0.25, 0.3) is 5.91 Å². The quantitative estimate of drug-likeness (QED) is 0.886. The predicted molar refractivity (Wildman–Crippen MR) is 77.8 cm³/mol. The molecule has 1 aromatic rings. The summed E-state index contributed by atoms with van der Waals surface area (Å²) in [6, 6.07) is 9.39.